The first-order valence-electron chi connectivity index (χ1n) is 15.8. The van der Waals surface area contributed by atoms with Crippen molar-refractivity contribution in [3.05, 3.63) is 98.5 Å². The summed E-state index contributed by atoms with van der Waals surface area (Å²) in [5, 5.41) is 9.70. The lowest BCUT2D eigenvalue weighted by Gasteiger charge is -2.38. The van der Waals surface area contributed by atoms with Gasteiger partial charge in [0.25, 0.3) is 11.5 Å². The van der Waals surface area contributed by atoms with Gasteiger partial charge in [-0.1, -0.05) is 30.3 Å². The van der Waals surface area contributed by atoms with E-state index in [2.05, 4.69) is 4.98 Å². The monoisotopic (exact) mass is 615 g/mol. The number of nitrogens with one attached hydrogen (secondary N) is 1. The normalized spacial score (nSPS) is 20.8. The lowest BCUT2D eigenvalue weighted by molar-refractivity contribution is -0.170. The van der Waals surface area contributed by atoms with Gasteiger partial charge in [0.05, 0.1) is 16.7 Å². The number of aliphatic hydroxyl groups excluding tert-OH is 1. The Hall–Kier alpha value is -4.35. The number of likely N-dealkylation sites (tertiary alicyclic amines) is 1. The number of carbonyl (C=O) groups excluding carboxylic acids is 1. The van der Waals surface area contributed by atoms with Crippen molar-refractivity contribution >= 4 is 16.9 Å². The highest BCUT2D eigenvalue weighted by Gasteiger charge is 2.42. The van der Waals surface area contributed by atoms with Crippen LogP contribution in [0.25, 0.3) is 16.7 Å². The first kappa shape index (κ1) is 30.7. The second kappa shape index (κ2) is 12.9. The van der Waals surface area contributed by atoms with Crippen molar-refractivity contribution < 1.29 is 19.4 Å². The molecular weight excluding hydrogens is 574 g/mol. The Morgan fingerprint density at radius 1 is 1.07 bits per heavy atom. The van der Waals surface area contributed by atoms with Crippen molar-refractivity contribution in [3.63, 3.8) is 0 Å². The predicted octanol–water partition coefficient (Wildman–Crippen LogP) is 3.74. The number of fused-ring (bicyclic) bond motifs is 1. The molecule has 0 saturated carbocycles. The van der Waals surface area contributed by atoms with E-state index in [4.69, 9.17) is 9.47 Å². The van der Waals surface area contributed by atoms with Gasteiger partial charge in [-0.25, -0.2) is 9.48 Å². The first-order valence-corrected chi connectivity index (χ1v) is 15.8. The number of ether oxygens (including phenoxy) is 2. The molecule has 2 aliphatic rings. The van der Waals surface area contributed by atoms with E-state index in [0.29, 0.717) is 50.9 Å². The number of carbonyl (C=O) groups is 1. The zero-order valence-electron chi connectivity index (χ0n) is 26.0. The number of piperidine rings is 1. The molecule has 0 spiro atoms. The number of hydrogen-bond donors (Lipinski definition) is 2. The van der Waals surface area contributed by atoms with Crippen LogP contribution in [0.4, 0.5) is 0 Å². The van der Waals surface area contributed by atoms with Gasteiger partial charge in [0.15, 0.2) is 5.76 Å². The highest BCUT2D eigenvalue weighted by Crippen LogP contribution is 2.40. The van der Waals surface area contributed by atoms with Gasteiger partial charge in [0, 0.05) is 62.5 Å². The van der Waals surface area contributed by atoms with Gasteiger partial charge in [0.1, 0.15) is 0 Å². The van der Waals surface area contributed by atoms with Crippen LogP contribution in [0.15, 0.2) is 76.0 Å². The SMILES string of the molecule is CCO[C@@H]1OC(C(=O)N2CCC(n3c(=O)[nH]c4ccccc43)CC2)=C[C@H](c2c(C)n(C)n(-c3ccccc3)c2=O)[C@H]1CCCO. The number of hydrogen-bond acceptors (Lipinski definition) is 6. The van der Waals surface area contributed by atoms with Crippen molar-refractivity contribution in [2.24, 2.45) is 13.0 Å². The van der Waals surface area contributed by atoms with Crippen molar-refractivity contribution in [1.29, 1.82) is 0 Å². The van der Waals surface area contributed by atoms with Gasteiger partial charge >= 0.3 is 5.69 Å². The van der Waals surface area contributed by atoms with E-state index in [1.807, 2.05) is 80.2 Å². The Kier molecular flexibility index (Phi) is 8.82. The summed E-state index contributed by atoms with van der Waals surface area (Å²) in [5.74, 6) is -0.847. The molecule has 11 heteroatoms. The largest absolute Gasteiger partial charge is 0.459 e. The molecule has 0 aliphatic carbocycles. The van der Waals surface area contributed by atoms with Crippen molar-refractivity contribution in [2.45, 2.75) is 57.8 Å². The molecule has 2 aliphatic heterocycles. The highest BCUT2D eigenvalue weighted by molar-refractivity contribution is 5.92. The Bertz CT molecular complexity index is 1810. The standard InChI is InChI=1S/C34H41N5O6/c1-4-44-33-25(13-10-20-40)26(30-22(2)36(3)39(32(30)42)24-11-6-5-7-12-24)21-29(45-33)31(41)37-18-16-23(17-19-37)38-28-15-9-8-14-27(28)35-34(38)43/h5-9,11-12,14-15,21,23,25-26,33,40H,4,10,13,16-20H2,1-3H3,(H,35,43)/t25-,26+,33-/m1/s1. The Labute approximate surface area is 261 Å². The Balaban J connectivity index is 1.32. The molecule has 1 amide bonds. The lowest BCUT2D eigenvalue weighted by Crippen LogP contribution is -2.44. The molecule has 4 heterocycles. The number of rotatable bonds is 9. The molecule has 0 unspecified atom stereocenters. The highest BCUT2D eigenvalue weighted by atomic mass is 16.7. The molecule has 238 valence electrons. The molecule has 2 aromatic carbocycles. The van der Waals surface area contributed by atoms with Gasteiger partial charge in [-0.05, 0) is 69.9 Å². The molecule has 2 N–H and O–H groups in total. The zero-order chi connectivity index (χ0) is 31.7. The molecule has 3 atom stereocenters. The number of imidazole rings is 1. The number of amides is 1. The molecule has 6 rings (SSSR count). The van der Waals surface area contributed by atoms with E-state index in [0.717, 1.165) is 22.4 Å². The number of aromatic nitrogens is 4. The van der Waals surface area contributed by atoms with Gasteiger partial charge in [-0.3, -0.25) is 18.8 Å². The van der Waals surface area contributed by atoms with Crippen LogP contribution in [0, 0.1) is 12.8 Å². The quantitative estimate of drug-likeness (QED) is 0.296. The van der Waals surface area contributed by atoms with Gasteiger partial charge in [-0.2, -0.15) is 0 Å². The van der Waals surface area contributed by atoms with Gasteiger partial charge < -0.3 is 24.5 Å². The molecule has 2 aromatic heterocycles. The third kappa shape index (κ3) is 5.66. The van der Waals surface area contributed by atoms with E-state index in [1.54, 1.807) is 20.2 Å². The van der Waals surface area contributed by atoms with E-state index >= 15 is 0 Å². The van der Waals surface area contributed by atoms with E-state index in [1.165, 1.54) is 0 Å². The lowest BCUT2D eigenvalue weighted by atomic mass is 9.80. The fourth-order valence-corrected chi connectivity index (χ4v) is 6.98. The van der Waals surface area contributed by atoms with E-state index in [-0.39, 0.29) is 41.5 Å². The molecule has 0 bridgehead atoms. The summed E-state index contributed by atoms with van der Waals surface area (Å²) >= 11 is 0. The van der Waals surface area contributed by atoms with Gasteiger partial charge in [-0.15, -0.1) is 0 Å². The summed E-state index contributed by atoms with van der Waals surface area (Å²) in [6.45, 7) is 5.06. The third-order valence-corrected chi connectivity index (χ3v) is 9.30. The van der Waals surface area contributed by atoms with Crippen LogP contribution in [-0.4, -0.2) is 67.4 Å². The van der Waals surface area contributed by atoms with Crippen molar-refractivity contribution in [3.8, 4) is 5.69 Å². The second-order valence-corrected chi connectivity index (χ2v) is 11.8. The maximum atomic E-state index is 14.1. The number of aliphatic hydroxyl groups is 1. The van der Waals surface area contributed by atoms with Crippen LogP contribution in [-0.2, 0) is 21.3 Å². The fraction of sp³-hybridized carbons (Fsp3) is 0.441. The summed E-state index contributed by atoms with van der Waals surface area (Å²) in [7, 11) is 1.86. The maximum Gasteiger partial charge on any atom is 0.326 e. The van der Waals surface area contributed by atoms with Crippen LogP contribution in [0.2, 0.25) is 0 Å². The van der Waals surface area contributed by atoms with Crippen LogP contribution in [0.3, 0.4) is 0 Å². The minimum Gasteiger partial charge on any atom is -0.459 e. The van der Waals surface area contributed by atoms with Gasteiger partial charge in [0.2, 0.25) is 6.29 Å². The predicted molar refractivity (Wildman–Crippen MR) is 170 cm³/mol. The molecular formula is C34H41N5O6. The molecule has 45 heavy (non-hydrogen) atoms. The second-order valence-electron chi connectivity index (χ2n) is 11.8. The number of nitrogens with zero attached hydrogens (tertiary/aromatic N) is 4. The number of para-hydroxylation sites is 3. The van der Waals surface area contributed by atoms with Crippen LogP contribution < -0.4 is 11.2 Å². The van der Waals surface area contributed by atoms with Crippen molar-refractivity contribution in [1.82, 2.24) is 23.8 Å². The summed E-state index contributed by atoms with van der Waals surface area (Å²) in [6.07, 6.45) is 3.32. The minimum atomic E-state index is -0.762. The number of allylic oxidation sites excluding steroid dienone is 1. The molecule has 0 radical (unpaired) electrons. The zero-order valence-corrected chi connectivity index (χ0v) is 26.0. The molecule has 4 aromatic rings. The number of benzene rings is 2. The van der Waals surface area contributed by atoms with Crippen LogP contribution >= 0.6 is 0 Å². The molecule has 11 nitrogen and oxygen atoms in total. The smallest absolute Gasteiger partial charge is 0.326 e. The number of H-pyrrole nitrogens is 1. The Morgan fingerprint density at radius 3 is 2.49 bits per heavy atom. The fourth-order valence-electron chi connectivity index (χ4n) is 6.98. The third-order valence-electron chi connectivity index (χ3n) is 9.30. The van der Waals surface area contributed by atoms with E-state index < -0.39 is 12.2 Å². The van der Waals surface area contributed by atoms with Crippen LogP contribution in [0.5, 0.6) is 0 Å². The Morgan fingerprint density at radius 2 is 1.78 bits per heavy atom. The summed E-state index contributed by atoms with van der Waals surface area (Å²) in [6, 6.07) is 17.1. The van der Waals surface area contributed by atoms with E-state index in [9.17, 15) is 19.5 Å². The first-order chi connectivity index (χ1) is 21.8. The van der Waals surface area contributed by atoms with Crippen LogP contribution in [0.1, 0.15) is 55.8 Å². The number of aromatic amines is 1. The minimum absolute atomic E-state index is 0.00591. The summed E-state index contributed by atoms with van der Waals surface area (Å²) in [5.41, 5.74) is 3.47. The summed E-state index contributed by atoms with van der Waals surface area (Å²) < 4.78 is 17.6. The molecule has 1 saturated heterocycles. The average Bonchev–Trinajstić information content (AvgIpc) is 3.51. The molecule has 1 fully saturated rings. The average molecular weight is 616 g/mol. The van der Waals surface area contributed by atoms with Crippen molar-refractivity contribution in [2.75, 3.05) is 26.3 Å². The summed E-state index contributed by atoms with van der Waals surface area (Å²) in [4.78, 5) is 45.6. The maximum absolute atomic E-state index is 14.1. The topological polar surface area (TPSA) is 124 Å².